The van der Waals surface area contributed by atoms with E-state index in [1.807, 2.05) is 6.07 Å². The SMILES string of the molecule is N#C/C(C(N)=O)=c1/cc(NC2CCCCC2)cc2c1=NC13CCCCC1CC1=C(CCCC1)N23. The van der Waals surface area contributed by atoms with E-state index >= 15 is 0 Å². The van der Waals surface area contributed by atoms with Crippen LogP contribution < -0.4 is 26.5 Å². The van der Waals surface area contributed by atoms with Gasteiger partial charge >= 0.3 is 0 Å². The normalized spacial score (nSPS) is 29.1. The monoisotopic (exact) mass is 457 g/mol. The number of carbonyl (C=O) groups is 1. The lowest BCUT2D eigenvalue weighted by atomic mass is 9.70. The van der Waals surface area contributed by atoms with E-state index in [9.17, 15) is 10.1 Å². The van der Waals surface area contributed by atoms with E-state index in [0.29, 0.717) is 17.2 Å². The molecule has 1 spiro atoms. The van der Waals surface area contributed by atoms with Crippen molar-refractivity contribution in [2.24, 2.45) is 16.6 Å². The van der Waals surface area contributed by atoms with Gasteiger partial charge in [-0.15, -0.1) is 0 Å². The first kappa shape index (κ1) is 21.7. The van der Waals surface area contributed by atoms with Gasteiger partial charge in [-0.25, -0.2) is 0 Å². The number of rotatable bonds is 3. The molecule has 2 heterocycles. The van der Waals surface area contributed by atoms with E-state index in [-0.39, 0.29) is 11.2 Å². The molecule has 5 aliphatic rings. The van der Waals surface area contributed by atoms with Gasteiger partial charge in [-0.3, -0.25) is 9.79 Å². The Balaban J connectivity index is 1.59. The van der Waals surface area contributed by atoms with Crippen LogP contribution in [0.4, 0.5) is 11.4 Å². The minimum absolute atomic E-state index is 0.0220. The van der Waals surface area contributed by atoms with Crippen molar-refractivity contribution in [2.45, 2.75) is 102 Å². The smallest absolute Gasteiger partial charge is 0.260 e. The molecule has 6 nitrogen and oxygen atoms in total. The summed E-state index contributed by atoms with van der Waals surface area (Å²) < 4.78 is 0. The molecule has 0 bridgehead atoms. The molecule has 0 radical (unpaired) electrons. The van der Waals surface area contributed by atoms with E-state index in [4.69, 9.17) is 10.7 Å². The molecule has 1 aromatic rings. The molecule has 2 fully saturated rings. The number of primary amides is 1. The van der Waals surface area contributed by atoms with Crippen LogP contribution in [0.25, 0.3) is 5.57 Å². The van der Waals surface area contributed by atoms with Gasteiger partial charge in [0.1, 0.15) is 17.3 Å². The zero-order valence-electron chi connectivity index (χ0n) is 20.0. The number of allylic oxidation sites excluding steroid dienone is 2. The second kappa shape index (κ2) is 8.45. The summed E-state index contributed by atoms with van der Waals surface area (Å²) in [7, 11) is 0. The summed E-state index contributed by atoms with van der Waals surface area (Å²) >= 11 is 0. The zero-order chi connectivity index (χ0) is 23.3. The van der Waals surface area contributed by atoms with Gasteiger partial charge in [0.2, 0.25) is 0 Å². The first-order valence-corrected chi connectivity index (χ1v) is 13.4. The molecule has 6 heteroatoms. The minimum atomic E-state index is -0.671. The van der Waals surface area contributed by atoms with Gasteiger partial charge in [0, 0.05) is 28.6 Å². The summed E-state index contributed by atoms with van der Waals surface area (Å²) in [5.74, 6) is -0.179. The Kier molecular flexibility index (Phi) is 5.39. The number of carbonyl (C=O) groups excluding carboxylic acids is 1. The molecule has 3 aliphatic carbocycles. The van der Waals surface area contributed by atoms with Gasteiger partial charge in [0.15, 0.2) is 0 Å². The third-order valence-corrected chi connectivity index (χ3v) is 8.94. The molecule has 2 aliphatic heterocycles. The largest absolute Gasteiger partial charge is 0.382 e. The fourth-order valence-electron chi connectivity index (χ4n) is 7.40. The lowest BCUT2D eigenvalue weighted by Gasteiger charge is -2.52. The molecule has 34 heavy (non-hydrogen) atoms. The summed E-state index contributed by atoms with van der Waals surface area (Å²) in [4.78, 5) is 20.3. The summed E-state index contributed by atoms with van der Waals surface area (Å²) in [5, 5.41) is 15.1. The lowest BCUT2D eigenvalue weighted by Crippen LogP contribution is -2.55. The van der Waals surface area contributed by atoms with Crippen molar-refractivity contribution in [3.63, 3.8) is 0 Å². The topological polar surface area (TPSA) is 94.5 Å². The van der Waals surface area contributed by atoms with Gasteiger partial charge in [-0.1, -0.05) is 31.3 Å². The molecule has 178 valence electrons. The Morgan fingerprint density at radius 1 is 1.09 bits per heavy atom. The maximum atomic E-state index is 12.3. The Hall–Kier alpha value is -2.81. The van der Waals surface area contributed by atoms with Crippen LogP contribution in [0.2, 0.25) is 0 Å². The number of nitrogens with zero attached hydrogens (tertiary/aromatic N) is 3. The van der Waals surface area contributed by atoms with Crippen molar-refractivity contribution in [1.29, 1.82) is 5.26 Å². The first-order chi connectivity index (χ1) is 16.6. The zero-order valence-corrected chi connectivity index (χ0v) is 20.0. The highest BCUT2D eigenvalue weighted by Gasteiger charge is 2.53. The van der Waals surface area contributed by atoms with Gasteiger partial charge in [-0.2, -0.15) is 5.26 Å². The molecule has 0 saturated heterocycles. The van der Waals surface area contributed by atoms with Crippen molar-refractivity contribution in [1.82, 2.24) is 0 Å². The Labute approximate surface area is 201 Å². The fourth-order valence-corrected chi connectivity index (χ4v) is 7.40. The van der Waals surface area contributed by atoms with E-state index in [1.165, 1.54) is 63.5 Å². The number of benzene rings is 1. The average molecular weight is 458 g/mol. The Morgan fingerprint density at radius 3 is 2.68 bits per heavy atom. The summed E-state index contributed by atoms with van der Waals surface area (Å²) in [6.07, 6.45) is 16.7. The number of fused-ring (bicyclic) bond motifs is 3. The van der Waals surface area contributed by atoms with Gasteiger partial charge in [-0.05, 0) is 76.3 Å². The summed E-state index contributed by atoms with van der Waals surface area (Å²) in [6, 6.07) is 6.75. The van der Waals surface area contributed by atoms with Crippen molar-refractivity contribution < 1.29 is 4.79 Å². The minimum Gasteiger partial charge on any atom is -0.382 e. The molecule has 0 aromatic heterocycles. The fraction of sp³-hybridized carbons (Fsp3) is 0.607. The molecule has 2 unspecified atom stereocenters. The quantitative estimate of drug-likeness (QED) is 0.713. The number of nitriles is 1. The van der Waals surface area contributed by atoms with Crippen molar-refractivity contribution in [3.05, 3.63) is 34.0 Å². The molecule has 1 amide bonds. The number of hydrogen-bond donors (Lipinski definition) is 2. The van der Waals surface area contributed by atoms with Crippen LogP contribution in [-0.4, -0.2) is 17.6 Å². The molecular formula is C28H35N5O. The maximum absolute atomic E-state index is 12.3. The molecule has 3 N–H and O–H groups in total. The first-order valence-electron chi connectivity index (χ1n) is 13.4. The number of nitrogens with one attached hydrogen (secondary N) is 1. The van der Waals surface area contributed by atoms with Crippen molar-refractivity contribution in [3.8, 4) is 6.07 Å². The molecular weight excluding hydrogens is 422 g/mol. The van der Waals surface area contributed by atoms with Crippen LogP contribution in [0.3, 0.4) is 0 Å². The van der Waals surface area contributed by atoms with Crippen LogP contribution >= 0.6 is 0 Å². The highest BCUT2D eigenvalue weighted by molar-refractivity contribution is 6.17. The molecule has 1 aromatic carbocycles. The highest BCUT2D eigenvalue weighted by Crippen LogP contribution is 2.54. The predicted molar refractivity (Wildman–Crippen MR) is 133 cm³/mol. The predicted octanol–water partition coefficient (Wildman–Crippen LogP) is 4.15. The Morgan fingerprint density at radius 2 is 1.88 bits per heavy atom. The van der Waals surface area contributed by atoms with E-state index in [0.717, 1.165) is 48.8 Å². The molecule has 2 saturated carbocycles. The number of nitrogens with two attached hydrogens (primary N) is 1. The van der Waals surface area contributed by atoms with E-state index in [2.05, 4.69) is 22.4 Å². The Bertz CT molecular complexity index is 1220. The highest BCUT2D eigenvalue weighted by atomic mass is 16.1. The second-order valence-corrected chi connectivity index (χ2v) is 11.0. The summed E-state index contributed by atoms with van der Waals surface area (Å²) in [6.45, 7) is 0. The lowest BCUT2D eigenvalue weighted by molar-refractivity contribution is -0.112. The maximum Gasteiger partial charge on any atom is 0.260 e. The number of amides is 1. The molecule has 6 rings (SSSR count). The summed E-state index contributed by atoms with van der Waals surface area (Å²) in [5.41, 5.74) is 10.6. The average Bonchev–Trinajstić information content (AvgIpc) is 3.18. The third-order valence-electron chi connectivity index (χ3n) is 8.94. The second-order valence-electron chi connectivity index (χ2n) is 11.0. The van der Waals surface area contributed by atoms with Gasteiger partial charge < -0.3 is 16.0 Å². The number of anilines is 2. The number of hydrogen-bond acceptors (Lipinski definition) is 5. The van der Waals surface area contributed by atoms with Crippen LogP contribution in [0.5, 0.6) is 0 Å². The van der Waals surface area contributed by atoms with Crippen LogP contribution in [0.1, 0.15) is 89.9 Å². The van der Waals surface area contributed by atoms with E-state index < -0.39 is 5.91 Å². The van der Waals surface area contributed by atoms with Crippen LogP contribution in [0, 0.1) is 17.2 Å². The molecule has 2 atom stereocenters. The van der Waals surface area contributed by atoms with E-state index in [1.54, 1.807) is 5.57 Å². The van der Waals surface area contributed by atoms with Crippen molar-refractivity contribution >= 4 is 22.9 Å². The third kappa shape index (κ3) is 3.35. The van der Waals surface area contributed by atoms with Crippen LogP contribution in [0.15, 0.2) is 28.4 Å². The van der Waals surface area contributed by atoms with Crippen LogP contribution in [-0.2, 0) is 4.79 Å². The van der Waals surface area contributed by atoms with Crippen molar-refractivity contribution in [2.75, 3.05) is 10.2 Å². The van der Waals surface area contributed by atoms with Gasteiger partial charge in [0.25, 0.3) is 5.91 Å². The van der Waals surface area contributed by atoms with Gasteiger partial charge in [0.05, 0.1) is 11.0 Å². The standard InChI is InChI=1S/C28H35N5O/c29-17-23(27(30)34)22-15-21(31-20-10-2-1-3-11-20)16-25-26(22)32-28-13-7-6-9-19(28)14-18-8-4-5-12-24(18)33(25)28/h15-16,19-20,31H,1-14H2,(H2,30,34)/b23-22+.